The predicted octanol–water partition coefficient (Wildman–Crippen LogP) is 1.60. The Hall–Kier alpha value is -2.65. The fraction of sp³-hybridized carbons (Fsp3) is 0.474. The van der Waals surface area contributed by atoms with E-state index in [-0.39, 0.29) is 34.8 Å². The lowest BCUT2D eigenvalue weighted by Crippen LogP contribution is -2.37. The molecule has 3 rings (SSSR count). The molecule has 10 heteroatoms. The summed E-state index contributed by atoms with van der Waals surface area (Å²) in [5.41, 5.74) is 1.52. The molecule has 0 bridgehead atoms. The van der Waals surface area contributed by atoms with E-state index in [0.29, 0.717) is 12.2 Å². The lowest BCUT2D eigenvalue weighted by Gasteiger charge is -2.17. The van der Waals surface area contributed by atoms with Crippen LogP contribution < -0.4 is 11.2 Å². The summed E-state index contributed by atoms with van der Waals surface area (Å²) in [4.78, 5) is 42.0. The molecule has 0 saturated heterocycles. The normalized spacial score (nSPS) is 12.7. The molecule has 9 nitrogen and oxygen atoms in total. The molecule has 0 unspecified atom stereocenters. The van der Waals surface area contributed by atoms with Gasteiger partial charge in [0.1, 0.15) is 0 Å². The van der Waals surface area contributed by atoms with E-state index in [9.17, 15) is 14.4 Å². The molecule has 0 aliphatic rings. The third-order valence-corrected chi connectivity index (χ3v) is 5.53. The van der Waals surface area contributed by atoms with Gasteiger partial charge in [0.2, 0.25) is 5.28 Å². The summed E-state index contributed by atoms with van der Waals surface area (Å²) in [7, 11) is 4.52. The summed E-state index contributed by atoms with van der Waals surface area (Å²) < 4.78 is 10.8. The van der Waals surface area contributed by atoms with Gasteiger partial charge >= 0.3 is 5.69 Å². The van der Waals surface area contributed by atoms with Crippen molar-refractivity contribution >= 4 is 28.5 Å². The Kier molecular flexibility index (Phi) is 5.55. The smallest absolute Gasteiger partial charge is 0.332 e. The molecule has 0 saturated carbocycles. The van der Waals surface area contributed by atoms with Crippen LogP contribution in [0.2, 0.25) is 5.28 Å². The zero-order valence-electron chi connectivity index (χ0n) is 17.3. The van der Waals surface area contributed by atoms with E-state index in [1.54, 1.807) is 7.11 Å². The van der Waals surface area contributed by atoms with Gasteiger partial charge in [0.05, 0.1) is 19.2 Å². The van der Waals surface area contributed by atoms with Crippen molar-refractivity contribution in [2.24, 2.45) is 14.1 Å². The standard InChI is InChI=1S/C19H24ClN5O4/c1-10-7-13(12(3)25(10)11(2)9-29-6)14(26)8-24-15-16(21-18(24)20)22(4)19(28)23(5)17(15)27/h7,11H,8-9H2,1-6H3/t11-/m1/s1. The van der Waals surface area contributed by atoms with Crippen LogP contribution in [0.1, 0.15) is 34.7 Å². The quantitative estimate of drug-likeness (QED) is 0.445. The van der Waals surface area contributed by atoms with Crippen LogP contribution >= 0.6 is 11.6 Å². The van der Waals surface area contributed by atoms with E-state index in [1.807, 2.05) is 31.4 Å². The van der Waals surface area contributed by atoms with Gasteiger partial charge in [0, 0.05) is 38.2 Å². The largest absolute Gasteiger partial charge is 0.383 e. The van der Waals surface area contributed by atoms with E-state index < -0.39 is 11.2 Å². The number of ether oxygens (including phenoxy) is 1. The highest BCUT2D eigenvalue weighted by atomic mass is 35.5. The number of methoxy groups -OCH3 is 1. The minimum absolute atomic E-state index is 0.0202. The van der Waals surface area contributed by atoms with Gasteiger partial charge in [-0.15, -0.1) is 0 Å². The van der Waals surface area contributed by atoms with E-state index >= 15 is 0 Å². The van der Waals surface area contributed by atoms with Gasteiger partial charge in [-0.2, -0.15) is 4.98 Å². The fourth-order valence-electron chi connectivity index (χ4n) is 3.85. The Labute approximate surface area is 172 Å². The second-order valence-corrected chi connectivity index (χ2v) is 7.57. The van der Waals surface area contributed by atoms with E-state index in [0.717, 1.165) is 16.0 Å². The molecule has 0 spiro atoms. The molecular formula is C19H24ClN5O4. The van der Waals surface area contributed by atoms with Crippen molar-refractivity contribution in [2.45, 2.75) is 33.4 Å². The zero-order chi connectivity index (χ0) is 21.6. The molecule has 3 heterocycles. The first kappa shape index (κ1) is 21.1. The minimum Gasteiger partial charge on any atom is -0.383 e. The number of carbonyl (C=O) groups excluding carboxylic acids is 1. The summed E-state index contributed by atoms with van der Waals surface area (Å²) >= 11 is 6.23. The SMILES string of the molecule is COC[C@@H](C)n1c(C)cc(C(=O)Cn2c(Cl)nc3c2c(=O)n(C)c(=O)n3C)c1C. The zero-order valence-corrected chi connectivity index (χ0v) is 18.1. The Balaban J connectivity index is 2.08. The van der Waals surface area contributed by atoms with E-state index in [2.05, 4.69) is 4.98 Å². The van der Waals surface area contributed by atoms with Crippen molar-refractivity contribution in [3.8, 4) is 0 Å². The summed E-state index contributed by atoms with van der Waals surface area (Å²) in [5, 5.41) is -0.0202. The Morgan fingerprint density at radius 1 is 1.24 bits per heavy atom. The first-order valence-electron chi connectivity index (χ1n) is 9.12. The number of fused-ring (bicyclic) bond motifs is 1. The molecule has 0 N–H and O–H groups in total. The molecule has 3 aromatic heterocycles. The molecule has 3 aromatic rings. The van der Waals surface area contributed by atoms with Crippen LogP contribution in [0.15, 0.2) is 15.7 Å². The maximum absolute atomic E-state index is 13.1. The van der Waals surface area contributed by atoms with E-state index in [1.165, 1.54) is 23.2 Å². The molecule has 29 heavy (non-hydrogen) atoms. The second kappa shape index (κ2) is 7.64. The summed E-state index contributed by atoms with van der Waals surface area (Å²) in [6, 6.07) is 1.89. The van der Waals surface area contributed by atoms with Gasteiger partial charge in [-0.05, 0) is 38.4 Å². The van der Waals surface area contributed by atoms with Crippen LogP contribution in [0.3, 0.4) is 0 Å². The number of rotatable bonds is 6. The van der Waals surface area contributed by atoms with Crippen LogP contribution in [0.5, 0.6) is 0 Å². The van der Waals surface area contributed by atoms with Gasteiger partial charge in [-0.25, -0.2) is 4.79 Å². The first-order valence-corrected chi connectivity index (χ1v) is 9.50. The minimum atomic E-state index is -0.547. The Bertz CT molecular complexity index is 1230. The van der Waals surface area contributed by atoms with Gasteiger partial charge < -0.3 is 13.9 Å². The maximum Gasteiger partial charge on any atom is 0.332 e. The van der Waals surface area contributed by atoms with Crippen molar-refractivity contribution in [2.75, 3.05) is 13.7 Å². The van der Waals surface area contributed by atoms with E-state index in [4.69, 9.17) is 16.3 Å². The predicted molar refractivity (Wildman–Crippen MR) is 110 cm³/mol. The second-order valence-electron chi connectivity index (χ2n) is 7.23. The molecular weight excluding hydrogens is 398 g/mol. The third kappa shape index (κ3) is 3.34. The molecule has 0 amide bonds. The van der Waals surface area contributed by atoms with Crippen LogP contribution in [-0.4, -0.2) is 42.8 Å². The lowest BCUT2D eigenvalue weighted by molar-refractivity contribution is 0.0972. The molecule has 0 aliphatic heterocycles. The van der Waals surface area contributed by atoms with Gasteiger partial charge in [-0.3, -0.25) is 18.7 Å². The number of Topliss-reactive ketones (excluding diaryl/α,β-unsaturated/α-hetero) is 1. The molecule has 156 valence electrons. The average molecular weight is 422 g/mol. The van der Waals surface area contributed by atoms with Crippen molar-refractivity contribution in [3.63, 3.8) is 0 Å². The maximum atomic E-state index is 13.1. The number of hydrogen-bond acceptors (Lipinski definition) is 5. The van der Waals surface area contributed by atoms with Gasteiger partial charge in [-0.1, -0.05) is 0 Å². The molecule has 1 atom stereocenters. The summed E-state index contributed by atoms with van der Waals surface area (Å²) in [6.07, 6.45) is 0. The van der Waals surface area contributed by atoms with Crippen molar-refractivity contribution in [3.05, 3.63) is 49.1 Å². The molecule has 0 fully saturated rings. The van der Waals surface area contributed by atoms with Crippen LogP contribution in [0.4, 0.5) is 0 Å². The monoisotopic (exact) mass is 421 g/mol. The number of hydrogen-bond donors (Lipinski definition) is 0. The fourth-order valence-corrected chi connectivity index (χ4v) is 4.07. The highest BCUT2D eigenvalue weighted by molar-refractivity contribution is 6.29. The number of aromatic nitrogens is 5. The lowest BCUT2D eigenvalue weighted by atomic mass is 10.1. The molecule has 0 aliphatic carbocycles. The third-order valence-electron chi connectivity index (χ3n) is 5.24. The topological polar surface area (TPSA) is 93.1 Å². The Morgan fingerprint density at radius 2 is 1.90 bits per heavy atom. The Morgan fingerprint density at radius 3 is 2.52 bits per heavy atom. The van der Waals surface area contributed by atoms with Gasteiger partial charge in [0.25, 0.3) is 5.56 Å². The number of aryl methyl sites for hydroxylation is 2. The van der Waals surface area contributed by atoms with Crippen molar-refractivity contribution < 1.29 is 9.53 Å². The number of ketones is 1. The van der Waals surface area contributed by atoms with Gasteiger partial charge in [0.15, 0.2) is 16.9 Å². The van der Waals surface area contributed by atoms with Crippen LogP contribution in [0.25, 0.3) is 11.2 Å². The number of halogens is 1. The highest BCUT2D eigenvalue weighted by Gasteiger charge is 2.23. The average Bonchev–Trinajstić information content (AvgIpc) is 3.15. The highest BCUT2D eigenvalue weighted by Crippen LogP contribution is 2.23. The first-order chi connectivity index (χ1) is 13.6. The number of nitrogens with zero attached hydrogens (tertiary/aromatic N) is 5. The number of carbonyl (C=O) groups is 1. The molecule has 0 radical (unpaired) electrons. The van der Waals surface area contributed by atoms with Crippen molar-refractivity contribution in [1.82, 2.24) is 23.3 Å². The van der Waals surface area contributed by atoms with Crippen LogP contribution in [-0.2, 0) is 25.4 Å². The summed E-state index contributed by atoms with van der Waals surface area (Å²) in [5.74, 6) is -0.203. The van der Waals surface area contributed by atoms with Crippen LogP contribution in [0, 0.1) is 13.8 Å². The van der Waals surface area contributed by atoms with Crippen molar-refractivity contribution in [1.29, 1.82) is 0 Å². The number of imidazole rings is 1. The summed E-state index contributed by atoms with van der Waals surface area (Å²) in [6.45, 7) is 6.18. The molecule has 0 aromatic carbocycles.